The number of azide groups is 1. The normalized spacial score (nSPS) is 21.5. The Morgan fingerprint density at radius 2 is 1.80 bits per heavy atom. The Balaban J connectivity index is 1.73. The number of aliphatic hydroxyl groups is 1. The lowest BCUT2D eigenvalue weighted by atomic mass is 10.1. The molecule has 2 heterocycles. The van der Waals surface area contributed by atoms with Crippen LogP contribution in [0.15, 0.2) is 20.9 Å². The Bertz CT molecular complexity index is 996. The molecule has 1 aliphatic rings. The van der Waals surface area contributed by atoms with Gasteiger partial charge in [0.05, 0.1) is 71.6 Å². The average Bonchev–Trinajstić information content (AvgIpc) is 3.21. The molecule has 0 amide bonds. The van der Waals surface area contributed by atoms with E-state index in [-0.39, 0.29) is 51.6 Å². The summed E-state index contributed by atoms with van der Waals surface area (Å²) < 4.78 is 44.2. The summed E-state index contributed by atoms with van der Waals surface area (Å²) >= 11 is 0. The molecular formula is C18H30N5O11P. The summed E-state index contributed by atoms with van der Waals surface area (Å²) in [6, 6.07) is -0.790. The van der Waals surface area contributed by atoms with Crippen molar-refractivity contribution in [2.45, 2.75) is 31.7 Å². The van der Waals surface area contributed by atoms with Crippen LogP contribution in [0.2, 0.25) is 0 Å². The molecule has 1 unspecified atom stereocenters. The summed E-state index contributed by atoms with van der Waals surface area (Å²) in [5.41, 5.74) is 7.85. The Hall–Kier alpha value is -2.10. The zero-order valence-electron chi connectivity index (χ0n) is 19.2. The molecule has 3 N–H and O–H groups in total. The van der Waals surface area contributed by atoms with E-state index in [1.54, 1.807) is 0 Å². The molecule has 0 spiro atoms. The van der Waals surface area contributed by atoms with Crippen LogP contribution < -0.4 is 11.2 Å². The standard InChI is InChI=1S/C18H30N5O11P/c1-13-11-23(18(26)20-17(13)25)16-10-14(21-22-19)15(34-16)12-33-35(27,28)32-9-8-31-7-6-30-5-4-29-3-2-24/h11,14-16,24H,2-10,12H2,1H3,(H,27,28)(H,20,25,26)/t14-,15+,16+/m0/s1. The maximum atomic E-state index is 12.1. The quantitative estimate of drug-likeness (QED) is 0.0810. The number of phosphoric ester groups is 1. The first-order valence-corrected chi connectivity index (χ1v) is 12.2. The summed E-state index contributed by atoms with van der Waals surface area (Å²) in [5.74, 6) is 0. The molecule has 2 rings (SSSR count). The number of nitrogens with one attached hydrogen (secondary N) is 1. The number of hydrogen-bond acceptors (Lipinski definition) is 11. The van der Waals surface area contributed by atoms with Crippen molar-refractivity contribution in [2.24, 2.45) is 5.11 Å². The van der Waals surface area contributed by atoms with Crippen LogP contribution in [-0.2, 0) is 32.6 Å². The number of phosphoric acid groups is 1. The van der Waals surface area contributed by atoms with E-state index >= 15 is 0 Å². The summed E-state index contributed by atoms with van der Waals surface area (Å²) in [5, 5.41) is 12.2. The van der Waals surface area contributed by atoms with Gasteiger partial charge in [0.25, 0.3) is 5.56 Å². The lowest BCUT2D eigenvalue weighted by molar-refractivity contribution is -0.0301. The lowest BCUT2D eigenvalue weighted by Crippen LogP contribution is -2.33. The van der Waals surface area contributed by atoms with Gasteiger partial charge in [0.2, 0.25) is 0 Å². The van der Waals surface area contributed by atoms with Crippen molar-refractivity contribution in [1.82, 2.24) is 9.55 Å². The highest BCUT2D eigenvalue weighted by Gasteiger charge is 2.38. The predicted molar refractivity (Wildman–Crippen MR) is 119 cm³/mol. The third-order valence-electron chi connectivity index (χ3n) is 4.72. The minimum atomic E-state index is -4.46. The maximum absolute atomic E-state index is 12.1. The van der Waals surface area contributed by atoms with Gasteiger partial charge in [-0.2, -0.15) is 0 Å². The second-order valence-corrected chi connectivity index (χ2v) is 8.73. The first-order valence-electron chi connectivity index (χ1n) is 10.7. The third-order valence-corrected chi connectivity index (χ3v) is 5.71. The second kappa shape index (κ2) is 15.1. The first-order chi connectivity index (χ1) is 16.8. The zero-order chi connectivity index (χ0) is 25.7. The fourth-order valence-corrected chi connectivity index (χ4v) is 3.76. The van der Waals surface area contributed by atoms with E-state index in [9.17, 15) is 19.0 Å². The highest BCUT2D eigenvalue weighted by molar-refractivity contribution is 7.47. The van der Waals surface area contributed by atoms with Crippen molar-refractivity contribution < 1.29 is 42.6 Å². The Morgan fingerprint density at radius 1 is 1.17 bits per heavy atom. The monoisotopic (exact) mass is 523 g/mol. The SMILES string of the molecule is Cc1cn([C@H]2C[C@H](N=[N+]=[N-])[C@@H](COP(=O)(O)OCCOCCOCCOCCO)O2)c(=O)[nH]c1=O. The highest BCUT2D eigenvalue weighted by Crippen LogP contribution is 2.44. The van der Waals surface area contributed by atoms with E-state index in [4.69, 9.17) is 38.6 Å². The van der Waals surface area contributed by atoms with Gasteiger partial charge in [0.1, 0.15) is 6.23 Å². The number of aromatic nitrogens is 2. The molecule has 0 bridgehead atoms. The molecule has 198 valence electrons. The molecule has 0 saturated carbocycles. The largest absolute Gasteiger partial charge is 0.472 e. The van der Waals surface area contributed by atoms with Crippen LogP contribution in [0.4, 0.5) is 0 Å². The van der Waals surface area contributed by atoms with Gasteiger partial charge in [-0.1, -0.05) is 5.11 Å². The van der Waals surface area contributed by atoms with Crippen molar-refractivity contribution in [2.75, 3.05) is 59.5 Å². The topological polar surface area (TPSA) is 217 Å². The van der Waals surface area contributed by atoms with E-state index in [0.717, 1.165) is 4.57 Å². The number of aromatic amines is 1. The van der Waals surface area contributed by atoms with Gasteiger partial charge < -0.3 is 28.9 Å². The van der Waals surface area contributed by atoms with Crippen molar-refractivity contribution in [3.63, 3.8) is 0 Å². The fourth-order valence-electron chi connectivity index (χ4n) is 3.05. The molecule has 35 heavy (non-hydrogen) atoms. The number of aliphatic hydroxyl groups excluding tert-OH is 1. The second-order valence-electron chi connectivity index (χ2n) is 7.27. The van der Waals surface area contributed by atoms with Crippen LogP contribution >= 0.6 is 7.82 Å². The average molecular weight is 523 g/mol. The van der Waals surface area contributed by atoms with Gasteiger partial charge in [0, 0.05) is 23.1 Å². The van der Waals surface area contributed by atoms with Crippen LogP contribution in [0.25, 0.3) is 10.4 Å². The summed E-state index contributed by atoms with van der Waals surface area (Å²) in [6.45, 7) is 2.25. The number of aryl methyl sites for hydroxylation is 1. The van der Waals surface area contributed by atoms with Crippen LogP contribution in [0.1, 0.15) is 18.2 Å². The Kier molecular flexibility index (Phi) is 12.6. The number of ether oxygens (including phenoxy) is 4. The van der Waals surface area contributed by atoms with Crippen LogP contribution in [-0.4, -0.2) is 91.2 Å². The molecule has 16 nitrogen and oxygen atoms in total. The van der Waals surface area contributed by atoms with Crippen LogP contribution in [0, 0.1) is 6.92 Å². The van der Waals surface area contributed by atoms with E-state index in [0.29, 0.717) is 13.2 Å². The van der Waals surface area contributed by atoms with Crippen molar-refractivity contribution >= 4 is 7.82 Å². The molecule has 0 aromatic carbocycles. The summed E-state index contributed by atoms with van der Waals surface area (Å²) in [4.78, 5) is 38.5. The summed E-state index contributed by atoms with van der Waals surface area (Å²) in [6.07, 6.45) is -0.408. The maximum Gasteiger partial charge on any atom is 0.472 e. The molecule has 1 aromatic rings. The van der Waals surface area contributed by atoms with E-state index in [1.165, 1.54) is 13.1 Å². The molecule has 0 radical (unpaired) electrons. The van der Waals surface area contributed by atoms with E-state index < -0.39 is 44.1 Å². The molecule has 0 aliphatic carbocycles. The van der Waals surface area contributed by atoms with Crippen molar-refractivity contribution in [1.29, 1.82) is 0 Å². The molecule has 1 fully saturated rings. The van der Waals surface area contributed by atoms with Gasteiger partial charge in [0.15, 0.2) is 0 Å². The predicted octanol–water partition coefficient (Wildman–Crippen LogP) is -0.0129. The van der Waals surface area contributed by atoms with Gasteiger partial charge in [-0.3, -0.25) is 23.4 Å². The van der Waals surface area contributed by atoms with E-state index in [2.05, 4.69) is 15.0 Å². The smallest absolute Gasteiger partial charge is 0.394 e. The summed E-state index contributed by atoms with van der Waals surface area (Å²) in [7, 11) is -4.46. The van der Waals surface area contributed by atoms with Crippen molar-refractivity contribution in [3.05, 3.63) is 43.0 Å². The lowest BCUT2D eigenvalue weighted by Gasteiger charge is -2.18. The van der Waals surface area contributed by atoms with Crippen molar-refractivity contribution in [3.8, 4) is 0 Å². The Labute approximate surface area is 199 Å². The number of rotatable bonds is 17. The third kappa shape index (κ3) is 10.2. The molecule has 1 aliphatic heterocycles. The minimum absolute atomic E-state index is 0.0100. The van der Waals surface area contributed by atoms with Gasteiger partial charge in [-0.05, 0) is 12.5 Å². The zero-order valence-corrected chi connectivity index (χ0v) is 20.1. The number of nitrogens with zero attached hydrogens (tertiary/aromatic N) is 4. The molecule has 1 aromatic heterocycles. The van der Waals surface area contributed by atoms with Crippen LogP contribution in [0.3, 0.4) is 0 Å². The number of hydrogen-bond donors (Lipinski definition) is 3. The molecular weight excluding hydrogens is 493 g/mol. The highest BCUT2D eigenvalue weighted by atomic mass is 31.2. The van der Waals surface area contributed by atoms with Gasteiger partial charge in [-0.15, -0.1) is 0 Å². The van der Waals surface area contributed by atoms with Crippen LogP contribution in [0.5, 0.6) is 0 Å². The first kappa shape index (κ1) is 29.1. The molecule has 4 atom stereocenters. The number of H-pyrrole nitrogens is 1. The van der Waals surface area contributed by atoms with E-state index in [1.807, 2.05) is 0 Å². The Morgan fingerprint density at radius 3 is 2.43 bits per heavy atom. The molecule has 17 heteroatoms. The fraction of sp³-hybridized carbons (Fsp3) is 0.778. The minimum Gasteiger partial charge on any atom is -0.394 e. The van der Waals surface area contributed by atoms with Gasteiger partial charge >= 0.3 is 13.5 Å². The van der Waals surface area contributed by atoms with Gasteiger partial charge in [-0.25, -0.2) is 9.36 Å². The molecule has 1 saturated heterocycles.